The first-order valence-corrected chi connectivity index (χ1v) is 4.93. The zero-order valence-electron chi connectivity index (χ0n) is 8.30. The van der Waals surface area contributed by atoms with Gasteiger partial charge in [-0.1, -0.05) is 17.7 Å². The van der Waals surface area contributed by atoms with Crippen molar-refractivity contribution in [3.8, 4) is 0 Å². The van der Waals surface area contributed by atoms with Gasteiger partial charge in [-0.2, -0.15) is 0 Å². The van der Waals surface area contributed by atoms with Crippen LogP contribution in [0.4, 0.5) is 5.69 Å². The summed E-state index contributed by atoms with van der Waals surface area (Å²) < 4.78 is 0. The van der Waals surface area contributed by atoms with E-state index in [2.05, 4.69) is 0 Å². The number of carbonyl (C=O) groups is 1. The molecule has 0 spiro atoms. The van der Waals surface area contributed by atoms with Crippen LogP contribution in [-0.4, -0.2) is 27.4 Å². The van der Waals surface area contributed by atoms with Gasteiger partial charge in [-0.05, 0) is 12.1 Å². The largest absolute Gasteiger partial charge is 0.481 e. The number of hydrogen-bond acceptors (Lipinski definition) is 4. The van der Waals surface area contributed by atoms with Gasteiger partial charge in [0, 0.05) is 16.3 Å². The summed E-state index contributed by atoms with van der Waals surface area (Å²) in [6.45, 7) is 0. The van der Waals surface area contributed by atoms with E-state index in [-0.39, 0.29) is 16.3 Å². The zero-order valence-corrected chi connectivity index (χ0v) is 9.05. The third-order valence-corrected chi connectivity index (χ3v) is 2.46. The van der Waals surface area contributed by atoms with Crippen LogP contribution in [0.3, 0.4) is 0 Å². The molecule has 1 rings (SSSR count). The summed E-state index contributed by atoms with van der Waals surface area (Å²) in [7, 11) is 0. The maximum atomic E-state index is 10.4. The number of hydrogen-bond donors (Lipinski definition) is 4. The van der Waals surface area contributed by atoms with E-state index in [1.165, 1.54) is 12.1 Å². The maximum absolute atomic E-state index is 10.4. The first-order chi connectivity index (χ1) is 7.43. The predicted octanol–water partition coefficient (Wildman–Crippen LogP) is 0.791. The Morgan fingerprint density at radius 3 is 2.56 bits per heavy atom. The summed E-state index contributed by atoms with van der Waals surface area (Å²) in [5.74, 6) is -1.21. The Kier molecular flexibility index (Phi) is 4.12. The summed E-state index contributed by atoms with van der Waals surface area (Å²) in [6, 6.07) is 4.61. The highest BCUT2D eigenvalue weighted by atomic mass is 35.5. The van der Waals surface area contributed by atoms with Gasteiger partial charge in [0.05, 0.1) is 12.5 Å². The molecule has 6 heteroatoms. The van der Waals surface area contributed by atoms with E-state index < -0.39 is 24.6 Å². The van der Waals surface area contributed by atoms with Crippen molar-refractivity contribution in [1.82, 2.24) is 0 Å². The number of carboxylic acids is 1. The summed E-state index contributed by atoms with van der Waals surface area (Å²) >= 11 is 5.81. The first kappa shape index (κ1) is 12.8. The molecular formula is C10H12ClNO4. The number of halogens is 1. The lowest BCUT2D eigenvalue weighted by atomic mass is 10.0. The van der Waals surface area contributed by atoms with Gasteiger partial charge in [-0.15, -0.1) is 0 Å². The maximum Gasteiger partial charge on any atom is 0.306 e. The molecule has 0 aliphatic heterocycles. The molecule has 16 heavy (non-hydrogen) atoms. The number of aliphatic hydroxyl groups is 2. The van der Waals surface area contributed by atoms with Crippen LogP contribution in [0.1, 0.15) is 18.1 Å². The molecule has 0 saturated carbocycles. The Labute approximate surface area is 97.1 Å². The molecule has 0 aliphatic rings. The SMILES string of the molecule is Nc1cccc(Cl)c1C(O)C(O)CC(=O)O. The summed E-state index contributed by atoms with van der Waals surface area (Å²) in [5, 5.41) is 27.8. The highest BCUT2D eigenvalue weighted by molar-refractivity contribution is 6.31. The van der Waals surface area contributed by atoms with Gasteiger partial charge in [-0.3, -0.25) is 4.79 Å². The van der Waals surface area contributed by atoms with Crippen LogP contribution in [0.5, 0.6) is 0 Å². The topological polar surface area (TPSA) is 104 Å². The third-order valence-electron chi connectivity index (χ3n) is 2.13. The van der Waals surface area contributed by atoms with Crippen molar-refractivity contribution >= 4 is 23.3 Å². The molecule has 0 radical (unpaired) electrons. The third kappa shape index (κ3) is 2.85. The average Bonchev–Trinajstić information content (AvgIpc) is 2.16. The van der Waals surface area contributed by atoms with Crippen molar-refractivity contribution in [1.29, 1.82) is 0 Å². The number of rotatable bonds is 4. The minimum absolute atomic E-state index is 0.151. The van der Waals surface area contributed by atoms with E-state index in [1.807, 2.05) is 0 Å². The quantitative estimate of drug-likeness (QED) is 0.587. The molecule has 5 N–H and O–H groups in total. The van der Waals surface area contributed by atoms with E-state index in [0.717, 1.165) is 0 Å². The summed E-state index contributed by atoms with van der Waals surface area (Å²) in [5.41, 5.74) is 5.95. The van der Waals surface area contributed by atoms with Gasteiger partial charge in [0.1, 0.15) is 6.10 Å². The summed E-state index contributed by atoms with van der Waals surface area (Å²) in [6.07, 6.45) is -3.43. The lowest BCUT2D eigenvalue weighted by molar-refractivity contribution is -0.141. The van der Waals surface area contributed by atoms with E-state index in [0.29, 0.717) is 0 Å². The minimum atomic E-state index is -1.44. The molecule has 0 saturated heterocycles. The second-order valence-corrected chi connectivity index (χ2v) is 3.76. The number of nitrogen functional groups attached to an aromatic ring is 1. The van der Waals surface area contributed by atoms with Crippen molar-refractivity contribution in [3.63, 3.8) is 0 Å². The van der Waals surface area contributed by atoms with Crippen molar-refractivity contribution in [2.45, 2.75) is 18.6 Å². The van der Waals surface area contributed by atoms with Gasteiger partial charge in [0.25, 0.3) is 0 Å². The van der Waals surface area contributed by atoms with E-state index in [9.17, 15) is 15.0 Å². The van der Waals surface area contributed by atoms with Crippen LogP contribution in [0, 0.1) is 0 Å². The van der Waals surface area contributed by atoms with Crippen LogP contribution < -0.4 is 5.73 Å². The minimum Gasteiger partial charge on any atom is -0.481 e. The summed E-state index contributed by atoms with van der Waals surface area (Å²) in [4.78, 5) is 10.4. The molecule has 0 fully saturated rings. The normalized spacial score (nSPS) is 14.4. The van der Waals surface area contributed by atoms with Gasteiger partial charge < -0.3 is 21.1 Å². The van der Waals surface area contributed by atoms with Crippen molar-refractivity contribution in [2.24, 2.45) is 0 Å². The van der Waals surface area contributed by atoms with Crippen molar-refractivity contribution in [3.05, 3.63) is 28.8 Å². The van der Waals surface area contributed by atoms with Crippen LogP contribution in [-0.2, 0) is 4.79 Å². The lowest BCUT2D eigenvalue weighted by Crippen LogP contribution is -2.22. The molecule has 0 bridgehead atoms. The molecule has 0 amide bonds. The average molecular weight is 246 g/mol. The number of nitrogens with two attached hydrogens (primary N) is 1. The number of anilines is 1. The fourth-order valence-electron chi connectivity index (χ4n) is 1.35. The smallest absolute Gasteiger partial charge is 0.306 e. The van der Waals surface area contributed by atoms with Gasteiger partial charge in [-0.25, -0.2) is 0 Å². The fraction of sp³-hybridized carbons (Fsp3) is 0.300. The predicted molar refractivity (Wildman–Crippen MR) is 59.1 cm³/mol. The molecule has 2 unspecified atom stereocenters. The molecule has 2 atom stereocenters. The number of carboxylic acid groups (broad SMARTS) is 1. The molecule has 88 valence electrons. The van der Waals surface area contributed by atoms with Crippen LogP contribution in [0.25, 0.3) is 0 Å². The Hall–Kier alpha value is -1.30. The molecule has 0 aromatic heterocycles. The molecule has 0 aliphatic carbocycles. The fourth-order valence-corrected chi connectivity index (χ4v) is 1.64. The highest BCUT2D eigenvalue weighted by Crippen LogP contribution is 2.31. The second-order valence-electron chi connectivity index (χ2n) is 3.35. The number of aliphatic hydroxyl groups excluding tert-OH is 2. The Morgan fingerprint density at radius 2 is 2.06 bits per heavy atom. The first-order valence-electron chi connectivity index (χ1n) is 4.55. The van der Waals surface area contributed by atoms with Gasteiger partial charge >= 0.3 is 5.97 Å². The Balaban J connectivity index is 2.95. The van der Waals surface area contributed by atoms with Crippen molar-refractivity contribution in [2.75, 3.05) is 5.73 Å². The standard InChI is InChI=1S/C10H12ClNO4/c11-5-2-1-3-6(12)9(5)10(16)7(13)4-8(14)15/h1-3,7,10,13,16H,4,12H2,(H,14,15). The van der Waals surface area contributed by atoms with Crippen molar-refractivity contribution < 1.29 is 20.1 Å². The van der Waals surface area contributed by atoms with E-state index in [4.69, 9.17) is 22.4 Å². The lowest BCUT2D eigenvalue weighted by Gasteiger charge is -2.19. The monoisotopic (exact) mass is 245 g/mol. The Morgan fingerprint density at radius 1 is 1.44 bits per heavy atom. The number of benzene rings is 1. The zero-order chi connectivity index (χ0) is 12.3. The van der Waals surface area contributed by atoms with Gasteiger partial charge in [0.2, 0.25) is 0 Å². The van der Waals surface area contributed by atoms with Crippen LogP contribution in [0.2, 0.25) is 5.02 Å². The van der Waals surface area contributed by atoms with Gasteiger partial charge in [0.15, 0.2) is 0 Å². The molecule has 1 aromatic carbocycles. The molecule has 5 nitrogen and oxygen atoms in total. The van der Waals surface area contributed by atoms with Crippen LogP contribution in [0.15, 0.2) is 18.2 Å². The van der Waals surface area contributed by atoms with E-state index in [1.54, 1.807) is 6.07 Å². The highest BCUT2D eigenvalue weighted by Gasteiger charge is 2.24. The van der Waals surface area contributed by atoms with E-state index >= 15 is 0 Å². The Bertz CT molecular complexity index is 376. The molecule has 1 aromatic rings. The molecule has 0 heterocycles. The number of aliphatic carboxylic acids is 1. The second kappa shape index (κ2) is 5.16. The van der Waals surface area contributed by atoms with Crippen LogP contribution >= 0.6 is 11.6 Å². The molecular weight excluding hydrogens is 234 g/mol.